The molecule has 2 aromatic heterocycles. The summed E-state index contributed by atoms with van der Waals surface area (Å²) in [6, 6.07) is 6.50. The van der Waals surface area contributed by atoms with E-state index in [2.05, 4.69) is 15.4 Å². The zero-order valence-corrected chi connectivity index (χ0v) is 13.3. The van der Waals surface area contributed by atoms with Gasteiger partial charge in [-0.05, 0) is 36.8 Å². The minimum atomic E-state index is -2.81. The normalized spacial score (nSPS) is 11.2. The maximum Gasteiger partial charge on any atom is 0.280 e. The monoisotopic (exact) mass is 348 g/mol. The van der Waals surface area contributed by atoms with Crippen LogP contribution in [-0.2, 0) is 0 Å². The van der Waals surface area contributed by atoms with Crippen molar-refractivity contribution in [3.05, 3.63) is 53.6 Å². The summed E-state index contributed by atoms with van der Waals surface area (Å²) in [7, 11) is 0. The van der Waals surface area contributed by atoms with Gasteiger partial charge in [0.15, 0.2) is 5.65 Å². The van der Waals surface area contributed by atoms with Crippen molar-refractivity contribution in [1.29, 1.82) is 0 Å². The zero-order chi connectivity index (χ0) is 18.0. The number of alkyl halides is 2. The SMILES string of the molecule is CCCNC(=O)c1cnn2c(C(F)F)cc(-c3ccc(F)cc3)nc12. The van der Waals surface area contributed by atoms with Crippen LogP contribution in [0.25, 0.3) is 16.9 Å². The fraction of sp³-hybridized carbons (Fsp3) is 0.235. The van der Waals surface area contributed by atoms with Gasteiger partial charge in [-0.3, -0.25) is 4.79 Å². The van der Waals surface area contributed by atoms with E-state index in [0.29, 0.717) is 12.1 Å². The number of nitrogens with zero attached hydrogens (tertiary/aromatic N) is 3. The third-order valence-electron chi connectivity index (χ3n) is 3.64. The maximum absolute atomic E-state index is 13.4. The predicted molar refractivity (Wildman–Crippen MR) is 86.0 cm³/mol. The molecular formula is C17H15F3N4O. The average molecular weight is 348 g/mol. The van der Waals surface area contributed by atoms with Crippen LogP contribution < -0.4 is 5.32 Å². The molecule has 2 heterocycles. The summed E-state index contributed by atoms with van der Waals surface area (Å²) in [5.74, 6) is -0.872. The van der Waals surface area contributed by atoms with E-state index in [1.54, 1.807) is 0 Å². The predicted octanol–water partition coefficient (Wildman–Crippen LogP) is 3.61. The lowest BCUT2D eigenvalue weighted by molar-refractivity contribution is 0.0955. The van der Waals surface area contributed by atoms with E-state index in [4.69, 9.17) is 0 Å². The topological polar surface area (TPSA) is 59.3 Å². The highest BCUT2D eigenvalue weighted by Crippen LogP contribution is 2.26. The summed E-state index contributed by atoms with van der Waals surface area (Å²) in [4.78, 5) is 16.5. The van der Waals surface area contributed by atoms with E-state index in [-0.39, 0.29) is 22.6 Å². The molecule has 0 aliphatic carbocycles. The number of amides is 1. The molecule has 0 aliphatic rings. The van der Waals surface area contributed by atoms with Gasteiger partial charge >= 0.3 is 0 Å². The molecule has 0 radical (unpaired) electrons. The summed E-state index contributed by atoms with van der Waals surface area (Å²) in [6.07, 6.45) is -0.856. The van der Waals surface area contributed by atoms with Crippen molar-refractivity contribution in [2.75, 3.05) is 6.54 Å². The highest BCUT2D eigenvalue weighted by Gasteiger charge is 2.21. The van der Waals surface area contributed by atoms with E-state index < -0.39 is 18.1 Å². The van der Waals surface area contributed by atoms with Crippen LogP contribution in [0.15, 0.2) is 36.5 Å². The van der Waals surface area contributed by atoms with Crippen LogP contribution in [0.2, 0.25) is 0 Å². The highest BCUT2D eigenvalue weighted by atomic mass is 19.3. The van der Waals surface area contributed by atoms with Crippen LogP contribution in [0.1, 0.15) is 35.8 Å². The molecule has 3 rings (SSSR count). The Morgan fingerprint density at radius 2 is 2.00 bits per heavy atom. The number of carbonyl (C=O) groups is 1. The second-order valence-corrected chi connectivity index (χ2v) is 5.42. The van der Waals surface area contributed by atoms with Gasteiger partial charge in [0, 0.05) is 12.1 Å². The Morgan fingerprint density at radius 1 is 1.28 bits per heavy atom. The molecule has 8 heteroatoms. The first-order chi connectivity index (χ1) is 12.0. The van der Waals surface area contributed by atoms with Crippen molar-refractivity contribution in [3.8, 4) is 11.3 Å². The molecule has 1 N–H and O–H groups in total. The summed E-state index contributed by atoms with van der Waals surface area (Å²) in [5.41, 5.74) is 0.434. The Kier molecular flexibility index (Phi) is 4.69. The number of hydrogen-bond donors (Lipinski definition) is 1. The van der Waals surface area contributed by atoms with E-state index >= 15 is 0 Å². The summed E-state index contributed by atoms with van der Waals surface area (Å²) < 4.78 is 40.9. The van der Waals surface area contributed by atoms with Gasteiger partial charge in [0.25, 0.3) is 12.3 Å². The number of halogens is 3. The third-order valence-corrected chi connectivity index (χ3v) is 3.64. The first kappa shape index (κ1) is 16.9. The van der Waals surface area contributed by atoms with Crippen LogP contribution >= 0.6 is 0 Å². The molecule has 0 spiro atoms. The maximum atomic E-state index is 13.4. The molecule has 5 nitrogen and oxygen atoms in total. The van der Waals surface area contributed by atoms with Crippen LogP contribution in [-0.4, -0.2) is 27.0 Å². The Balaban J connectivity index is 2.16. The van der Waals surface area contributed by atoms with Crippen molar-refractivity contribution < 1.29 is 18.0 Å². The van der Waals surface area contributed by atoms with Crippen molar-refractivity contribution in [2.45, 2.75) is 19.8 Å². The molecular weight excluding hydrogens is 333 g/mol. The number of aromatic nitrogens is 3. The highest BCUT2D eigenvalue weighted by molar-refractivity contribution is 5.99. The Hall–Kier alpha value is -2.90. The fourth-order valence-electron chi connectivity index (χ4n) is 2.40. The summed E-state index contributed by atoms with van der Waals surface area (Å²) in [5, 5.41) is 6.54. The molecule has 0 saturated heterocycles. The number of hydrogen-bond acceptors (Lipinski definition) is 3. The van der Waals surface area contributed by atoms with Crippen molar-refractivity contribution in [2.24, 2.45) is 0 Å². The molecule has 130 valence electrons. The third kappa shape index (κ3) is 3.33. The van der Waals surface area contributed by atoms with E-state index in [0.717, 1.165) is 10.9 Å². The quantitative estimate of drug-likeness (QED) is 0.766. The van der Waals surface area contributed by atoms with Gasteiger partial charge in [-0.15, -0.1) is 0 Å². The second-order valence-electron chi connectivity index (χ2n) is 5.42. The first-order valence-corrected chi connectivity index (χ1v) is 7.72. The van der Waals surface area contributed by atoms with Gasteiger partial charge in [0.1, 0.15) is 17.1 Å². The molecule has 0 unspecified atom stereocenters. The minimum absolute atomic E-state index is 0.0331. The minimum Gasteiger partial charge on any atom is -0.352 e. The van der Waals surface area contributed by atoms with Gasteiger partial charge in [-0.1, -0.05) is 6.92 Å². The molecule has 1 aromatic carbocycles. The molecule has 0 bridgehead atoms. The van der Waals surface area contributed by atoms with Gasteiger partial charge in [0.2, 0.25) is 0 Å². The molecule has 0 aliphatic heterocycles. The lowest BCUT2D eigenvalue weighted by Gasteiger charge is -2.08. The Morgan fingerprint density at radius 3 is 2.64 bits per heavy atom. The number of fused-ring (bicyclic) bond motifs is 1. The number of carbonyl (C=O) groups excluding carboxylic acids is 1. The molecule has 3 aromatic rings. The largest absolute Gasteiger partial charge is 0.352 e. The Bertz CT molecular complexity index is 906. The number of rotatable bonds is 5. The molecule has 25 heavy (non-hydrogen) atoms. The van der Waals surface area contributed by atoms with Crippen LogP contribution in [0.4, 0.5) is 13.2 Å². The van der Waals surface area contributed by atoms with E-state index in [9.17, 15) is 18.0 Å². The van der Waals surface area contributed by atoms with Crippen LogP contribution in [0.5, 0.6) is 0 Å². The van der Waals surface area contributed by atoms with Gasteiger partial charge in [0.05, 0.1) is 11.9 Å². The van der Waals surface area contributed by atoms with Gasteiger partial charge < -0.3 is 5.32 Å². The smallest absolute Gasteiger partial charge is 0.280 e. The molecule has 0 saturated carbocycles. The zero-order valence-electron chi connectivity index (χ0n) is 13.3. The fourth-order valence-corrected chi connectivity index (χ4v) is 2.40. The summed E-state index contributed by atoms with van der Waals surface area (Å²) in [6.45, 7) is 2.35. The number of benzene rings is 1. The lowest BCUT2D eigenvalue weighted by Crippen LogP contribution is -2.24. The van der Waals surface area contributed by atoms with Crippen LogP contribution in [0, 0.1) is 5.82 Å². The molecule has 0 atom stereocenters. The first-order valence-electron chi connectivity index (χ1n) is 7.72. The van der Waals surface area contributed by atoms with Crippen LogP contribution in [0.3, 0.4) is 0 Å². The summed E-state index contributed by atoms with van der Waals surface area (Å²) >= 11 is 0. The molecule has 1 amide bonds. The van der Waals surface area contributed by atoms with E-state index in [1.165, 1.54) is 36.5 Å². The lowest BCUT2D eigenvalue weighted by atomic mass is 10.1. The molecule has 0 fully saturated rings. The van der Waals surface area contributed by atoms with Gasteiger partial charge in [-0.2, -0.15) is 5.10 Å². The standard InChI is InChI=1S/C17H15F3N4O/c1-2-7-21-17(25)12-9-22-24-14(15(19)20)8-13(23-16(12)24)10-3-5-11(18)6-4-10/h3-6,8-9,15H,2,7H2,1H3,(H,21,25). The van der Waals surface area contributed by atoms with Gasteiger partial charge in [-0.25, -0.2) is 22.7 Å². The Labute approximate surface area is 141 Å². The number of nitrogens with one attached hydrogen (secondary N) is 1. The second kappa shape index (κ2) is 6.92. The van der Waals surface area contributed by atoms with Crippen molar-refractivity contribution in [1.82, 2.24) is 19.9 Å². The van der Waals surface area contributed by atoms with Crippen molar-refractivity contribution in [3.63, 3.8) is 0 Å². The van der Waals surface area contributed by atoms with Crippen molar-refractivity contribution >= 4 is 11.6 Å². The van der Waals surface area contributed by atoms with E-state index in [1.807, 2.05) is 6.92 Å². The average Bonchev–Trinajstić information content (AvgIpc) is 3.03.